The van der Waals surface area contributed by atoms with Crippen LogP contribution in [0.5, 0.6) is 0 Å². The molecule has 130 valence electrons. The average molecular weight is 336 g/mol. The third-order valence-electron chi connectivity index (χ3n) is 4.92. The fraction of sp³-hybridized carbons (Fsp3) is 0.556. The van der Waals surface area contributed by atoms with Crippen molar-refractivity contribution < 1.29 is 18.4 Å². The van der Waals surface area contributed by atoms with E-state index < -0.39 is 24.9 Å². The van der Waals surface area contributed by atoms with Crippen LogP contribution >= 0.6 is 0 Å². The van der Waals surface area contributed by atoms with E-state index in [0.717, 1.165) is 5.56 Å². The number of hydrogen-bond acceptors (Lipinski definition) is 3. The summed E-state index contributed by atoms with van der Waals surface area (Å²) in [6.07, 6.45) is 0.733. The minimum atomic E-state index is -2.81. The Labute approximate surface area is 140 Å². The zero-order chi connectivity index (χ0) is 17.3. The van der Waals surface area contributed by atoms with Crippen LogP contribution in [-0.2, 0) is 4.79 Å². The van der Waals surface area contributed by atoms with E-state index in [1.165, 1.54) is 0 Å². The lowest BCUT2D eigenvalue weighted by atomic mass is 9.88. The molecular weight excluding hydrogens is 314 g/mol. The largest absolute Gasteiger partial charge is 0.341 e. The Bertz CT molecular complexity index is 622. The molecule has 0 radical (unpaired) electrons. The predicted octanol–water partition coefficient (Wildman–Crippen LogP) is 2.41. The van der Waals surface area contributed by atoms with E-state index in [9.17, 15) is 18.4 Å². The quantitative estimate of drug-likeness (QED) is 0.863. The fourth-order valence-electron chi connectivity index (χ4n) is 3.43. The number of piperidine rings is 1. The second kappa shape index (κ2) is 6.59. The third-order valence-corrected chi connectivity index (χ3v) is 4.92. The van der Waals surface area contributed by atoms with Crippen LogP contribution in [0.1, 0.15) is 35.2 Å². The minimum Gasteiger partial charge on any atom is -0.341 e. The smallest absolute Gasteiger partial charge is 0.262 e. The number of ketones is 1. The maximum absolute atomic E-state index is 13.2. The van der Waals surface area contributed by atoms with Gasteiger partial charge >= 0.3 is 0 Å². The number of aryl methyl sites for hydroxylation is 1. The van der Waals surface area contributed by atoms with Crippen molar-refractivity contribution >= 4 is 11.7 Å². The van der Waals surface area contributed by atoms with Crippen molar-refractivity contribution in [1.82, 2.24) is 10.2 Å². The van der Waals surface area contributed by atoms with Gasteiger partial charge in [-0.2, -0.15) is 0 Å². The molecule has 4 nitrogen and oxygen atoms in total. The number of benzene rings is 1. The Morgan fingerprint density at radius 3 is 2.33 bits per heavy atom. The Morgan fingerprint density at radius 1 is 1.17 bits per heavy atom. The molecule has 2 aliphatic rings. The summed E-state index contributed by atoms with van der Waals surface area (Å²) in [6, 6.07) is 6.69. The molecule has 2 heterocycles. The lowest BCUT2D eigenvalue weighted by molar-refractivity contribution is -0.135. The van der Waals surface area contributed by atoms with Crippen LogP contribution in [0.15, 0.2) is 24.3 Å². The van der Waals surface area contributed by atoms with Gasteiger partial charge in [-0.25, -0.2) is 8.78 Å². The fourth-order valence-corrected chi connectivity index (χ4v) is 3.43. The zero-order valence-corrected chi connectivity index (χ0v) is 13.7. The van der Waals surface area contributed by atoms with Crippen LogP contribution in [0.3, 0.4) is 0 Å². The highest BCUT2D eigenvalue weighted by molar-refractivity contribution is 5.98. The van der Waals surface area contributed by atoms with Crippen LogP contribution < -0.4 is 5.32 Å². The van der Waals surface area contributed by atoms with Gasteiger partial charge in [0.2, 0.25) is 5.91 Å². The van der Waals surface area contributed by atoms with Crippen molar-refractivity contribution in [1.29, 1.82) is 0 Å². The first-order chi connectivity index (χ1) is 11.4. The zero-order valence-electron chi connectivity index (χ0n) is 13.7. The number of carbonyl (C=O) groups is 2. The van der Waals surface area contributed by atoms with E-state index in [-0.39, 0.29) is 17.6 Å². The third kappa shape index (κ3) is 3.64. The molecule has 2 aliphatic heterocycles. The molecule has 0 bridgehead atoms. The van der Waals surface area contributed by atoms with Gasteiger partial charge in [0.25, 0.3) is 5.92 Å². The summed E-state index contributed by atoms with van der Waals surface area (Å²) in [6.45, 7) is 2.43. The molecule has 1 amide bonds. The van der Waals surface area contributed by atoms with Crippen molar-refractivity contribution in [3.8, 4) is 0 Å². The molecule has 1 N–H and O–H groups in total. The Balaban J connectivity index is 1.55. The van der Waals surface area contributed by atoms with Crippen molar-refractivity contribution in [3.05, 3.63) is 35.4 Å². The second-order valence-corrected chi connectivity index (χ2v) is 6.82. The second-order valence-electron chi connectivity index (χ2n) is 6.82. The van der Waals surface area contributed by atoms with Gasteiger partial charge in [-0.15, -0.1) is 0 Å². The van der Waals surface area contributed by atoms with Gasteiger partial charge in [-0.05, 0) is 19.8 Å². The summed E-state index contributed by atoms with van der Waals surface area (Å²) in [4.78, 5) is 26.4. The molecule has 2 saturated heterocycles. The number of likely N-dealkylation sites (tertiary alicyclic amines) is 1. The van der Waals surface area contributed by atoms with Gasteiger partial charge in [0.1, 0.15) is 0 Å². The normalized spacial score (nSPS) is 24.1. The summed E-state index contributed by atoms with van der Waals surface area (Å²) in [5.41, 5.74) is 1.80. The van der Waals surface area contributed by atoms with Crippen LogP contribution in [0.4, 0.5) is 8.78 Å². The highest BCUT2D eigenvalue weighted by atomic mass is 19.3. The number of halogens is 2. The van der Waals surface area contributed by atoms with Crippen LogP contribution in [0.25, 0.3) is 0 Å². The number of rotatable bonds is 3. The van der Waals surface area contributed by atoms with E-state index in [1.807, 2.05) is 31.2 Å². The molecule has 1 aromatic carbocycles. The van der Waals surface area contributed by atoms with Crippen molar-refractivity contribution in [3.63, 3.8) is 0 Å². The van der Waals surface area contributed by atoms with Gasteiger partial charge in [-0.3, -0.25) is 14.9 Å². The Kier molecular flexibility index (Phi) is 4.67. The standard InChI is InChI=1S/C18H22F2N2O2/c1-12-2-4-13(5-3-12)16(23)14-6-8-22(9-7-14)17(24)15-10-18(19,20)11-21-15/h2-5,14-15,21H,6-11H2,1H3. The highest BCUT2D eigenvalue weighted by Gasteiger charge is 2.44. The minimum absolute atomic E-state index is 0.102. The number of amides is 1. The van der Waals surface area contributed by atoms with E-state index >= 15 is 0 Å². The van der Waals surface area contributed by atoms with Gasteiger partial charge < -0.3 is 4.90 Å². The van der Waals surface area contributed by atoms with E-state index in [1.54, 1.807) is 4.90 Å². The molecule has 0 saturated carbocycles. The molecule has 1 aromatic rings. The first kappa shape index (κ1) is 17.0. The highest BCUT2D eigenvalue weighted by Crippen LogP contribution is 2.28. The van der Waals surface area contributed by atoms with Crippen molar-refractivity contribution in [2.75, 3.05) is 19.6 Å². The number of alkyl halides is 2. The van der Waals surface area contributed by atoms with Crippen LogP contribution in [0, 0.1) is 12.8 Å². The Morgan fingerprint density at radius 2 is 1.79 bits per heavy atom. The molecule has 0 spiro atoms. The SMILES string of the molecule is Cc1ccc(C(=O)C2CCN(C(=O)C3CC(F)(F)CN3)CC2)cc1. The molecule has 3 rings (SSSR count). The number of hydrogen-bond donors (Lipinski definition) is 1. The topological polar surface area (TPSA) is 49.4 Å². The van der Waals surface area contributed by atoms with E-state index in [0.29, 0.717) is 31.5 Å². The van der Waals surface area contributed by atoms with Gasteiger partial charge in [0, 0.05) is 31.0 Å². The maximum Gasteiger partial charge on any atom is 0.262 e. The van der Waals surface area contributed by atoms with Crippen molar-refractivity contribution in [2.45, 2.75) is 38.2 Å². The molecule has 0 aliphatic carbocycles. The summed E-state index contributed by atoms with van der Waals surface area (Å²) < 4.78 is 26.5. The molecular formula is C18H22F2N2O2. The monoisotopic (exact) mass is 336 g/mol. The first-order valence-corrected chi connectivity index (χ1v) is 8.37. The molecule has 2 fully saturated rings. The van der Waals surface area contributed by atoms with Gasteiger partial charge in [0.15, 0.2) is 5.78 Å². The predicted molar refractivity (Wildman–Crippen MR) is 86.2 cm³/mol. The average Bonchev–Trinajstić information content (AvgIpc) is 2.94. The summed E-state index contributed by atoms with van der Waals surface area (Å²) in [5, 5.41) is 2.60. The van der Waals surface area contributed by atoms with Gasteiger partial charge in [-0.1, -0.05) is 29.8 Å². The van der Waals surface area contributed by atoms with E-state index in [4.69, 9.17) is 0 Å². The summed E-state index contributed by atoms with van der Waals surface area (Å²) in [5.74, 6) is -3.07. The lowest BCUT2D eigenvalue weighted by Gasteiger charge is -2.33. The first-order valence-electron chi connectivity index (χ1n) is 8.37. The summed E-state index contributed by atoms with van der Waals surface area (Å²) in [7, 11) is 0. The number of nitrogens with zero attached hydrogens (tertiary/aromatic N) is 1. The molecule has 1 atom stereocenters. The molecule has 24 heavy (non-hydrogen) atoms. The molecule has 1 unspecified atom stereocenters. The maximum atomic E-state index is 13.2. The number of Topliss-reactive ketones (excluding diaryl/α,β-unsaturated/α-hetero) is 1. The number of nitrogens with one attached hydrogen (secondary N) is 1. The van der Waals surface area contributed by atoms with Crippen molar-refractivity contribution in [2.24, 2.45) is 5.92 Å². The van der Waals surface area contributed by atoms with E-state index in [2.05, 4.69) is 5.32 Å². The molecule has 6 heteroatoms. The summed E-state index contributed by atoms with van der Waals surface area (Å²) >= 11 is 0. The van der Waals surface area contributed by atoms with Crippen LogP contribution in [0.2, 0.25) is 0 Å². The lowest BCUT2D eigenvalue weighted by Crippen LogP contribution is -2.47. The Hall–Kier alpha value is -1.82. The van der Waals surface area contributed by atoms with Gasteiger partial charge in [0.05, 0.1) is 12.6 Å². The van der Waals surface area contributed by atoms with Crippen LogP contribution in [-0.4, -0.2) is 48.2 Å². The molecule has 0 aromatic heterocycles. The number of carbonyl (C=O) groups excluding carboxylic acids is 2.